The van der Waals surface area contributed by atoms with Gasteiger partial charge in [0.05, 0.1) is 30.1 Å². The molecule has 0 aliphatic carbocycles. The van der Waals surface area contributed by atoms with Crippen LogP contribution in [0.4, 0.5) is 0 Å². The topological polar surface area (TPSA) is 67.0 Å². The maximum absolute atomic E-state index is 12.8. The first-order valence-corrected chi connectivity index (χ1v) is 10.2. The lowest BCUT2D eigenvalue weighted by molar-refractivity contribution is -0.121. The number of rotatable bonds is 8. The fourth-order valence-corrected chi connectivity index (χ4v) is 3.50. The molecule has 0 aliphatic rings. The molecule has 3 aromatic carbocycles. The Kier molecular flexibility index (Phi) is 6.09. The molecule has 5 heteroatoms. The van der Waals surface area contributed by atoms with Crippen LogP contribution in [0.2, 0.25) is 0 Å². The predicted octanol–water partition coefficient (Wildman–Crippen LogP) is 4.60. The van der Waals surface area contributed by atoms with Crippen molar-refractivity contribution in [3.8, 4) is 5.75 Å². The molecule has 0 fully saturated rings. The second-order valence-electron chi connectivity index (χ2n) is 7.20. The van der Waals surface area contributed by atoms with Crippen molar-refractivity contribution in [1.29, 1.82) is 0 Å². The average molecular weight is 399 g/mol. The van der Waals surface area contributed by atoms with Crippen molar-refractivity contribution in [2.45, 2.75) is 25.8 Å². The number of nitrogens with one attached hydrogen (secondary N) is 2. The number of aromatic amines is 1. The highest BCUT2D eigenvalue weighted by Crippen LogP contribution is 2.20. The number of H-pyrrole nitrogens is 1. The summed E-state index contributed by atoms with van der Waals surface area (Å²) in [5.74, 6) is 1.53. The minimum absolute atomic E-state index is 0.0412. The van der Waals surface area contributed by atoms with Crippen LogP contribution in [0.1, 0.15) is 29.9 Å². The number of benzene rings is 3. The van der Waals surface area contributed by atoms with Gasteiger partial charge in [0.1, 0.15) is 11.6 Å². The number of imidazole rings is 1. The highest BCUT2D eigenvalue weighted by atomic mass is 16.5. The molecule has 1 aromatic heterocycles. The smallest absolute Gasteiger partial charge is 0.225 e. The van der Waals surface area contributed by atoms with Crippen molar-refractivity contribution in [1.82, 2.24) is 15.3 Å². The van der Waals surface area contributed by atoms with Crippen LogP contribution in [0.15, 0.2) is 78.9 Å². The van der Waals surface area contributed by atoms with Gasteiger partial charge in [-0.15, -0.1) is 0 Å². The van der Waals surface area contributed by atoms with Crippen molar-refractivity contribution < 1.29 is 9.53 Å². The average Bonchev–Trinajstić information content (AvgIpc) is 3.20. The van der Waals surface area contributed by atoms with Gasteiger partial charge in [-0.25, -0.2) is 4.98 Å². The summed E-state index contributed by atoms with van der Waals surface area (Å²) in [7, 11) is 0. The first-order valence-electron chi connectivity index (χ1n) is 10.2. The molecular weight excluding hydrogens is 374 g/mol. The van der Waals surface area contributed by atoms with Crippen LogP contribution in [-0.4, -0.2) is 22.5 Å². The Balaban J connectivity index is 1.52. The van der Waals surface area contributed by atoms with E-state index in [-0.39, 0.29) is 11.9 Å². The van der Waals surface area contributed by atoms with Crippen molar-refractivity contribution in [3.05, 3.63) is 95.8 Å². The molecule has 0 saturated carbocycles. The number of hydrogen-bond acceptors (Lipinski definition) is 3. The first-order chi connectivity index (χ1) is 14.7. The van der Waals surface area contributed by atoms with E-state index >= 15 is 0 Å². The highest BCUT2D eigenvalue weighted by Gasteiger charge is 2.19. The van der Waals surface area contributed by atoms with Crippen LogP contribution in [-0.2, 0) is 17.6 Å². The molecule has 1 heterocycles. The van der Waals surface area contributed by atoms with Gasteiger partial charge in [-0.1, -0.05) is 54.6 Å². The van der Waals surface area contributed by atoms with Crippen LogP contribution < -0.4 is 10.1 Å². The lowest BCUT2D eigenvalue weighted by Crippen LogP contribution is -2.32. The first kappa shape index (κ1) is 19.7. The van der Waals surface area contributed by atoms with Crippen LogP contribution in [0, 0.1) is 0 Å². The summed E-state index contributed by atoms with van der Waals surface area (Å²) in [6, 6.07) is 25.4. The molecule has 0 radical (unpaired) electrons. The fourth-order valence-electron chi connectivity index (χ4n) is 3.50. The van der Waals surface area contributed by atoms with Crippen LogP contribution in [0.3, 0.4) is 0 Å². The maximum atomic E-state index is 12.8. The van der Waals surface area contributed by atoms with E-state index in [4.69, 9.17) is 9.72 Å². The van der Waals surface area contributed by atoms with Crippen LogP contribution in [0.5, 0.6) is 5.75 Å². The van der Waals surface area contributed by atoms with Gasteiger partial charge in [-0.05, 0) is 48.7 Å². The van der Waals surface area contributed by atoms with E-state index in [0.29, 0.717) is 19.4 Å². The predicted molar refractivity (Wildman–Crippen MR) is 118 cm³/mol. The Labute approximate surface area is 176 Å². The highest BCUT2D eigenvalue weighted by molar-refractivity contribution is 5.79. The number of carbonyl (C=O) groups excluding carboxylic acids is 1. The Hall–Kier alpha value is -3.60. The van der Waals surface area contributed by atoms with Crippen molar-refractivity contribution in [2.24, 2.45) is 0 Å². The Morgan fingerprint density at radius 1 is 0.967 bits per heavy atom. The van der Waals surface area contributed by atoms with E-state index in [1.165, 1.54) is 0 Å². The minimum atomic E-state index is -0.241. The van der Waals surface area contributed by atoms with Gasteiger partial charge in [-0.3, -0.25) is 4.79 Å². The lowest BCUT2D eigenvalue weighted by Gasteiger charge is -2.17. The summed E-state index contributed by atoms with van der Waals surface area (Å²) in [6.07, 6.45) is 0.966. The normalized spacial score (nSPS) is 11.9. The molecule has 2 N–H and O–H groups in total. The van der Waals surface area contributed by atoms with E-state index in [1.54, 1.807) is 0 Å². The van der Waals surface area contributed by atoms with E-state index in [2.05, 4.69) is 22.4 Å². The summed E-state index contributed by atoms with van der Waals surface area (Å²) in [4.78, 5) is 20.9. The molecule has 1 amide bonds. The number of hydrogen-bond donors (Lipinski definition) is 2. The van der Waals surface area contributed by atoms with Gasteiger partial charge < -0.3 is 15.0 Å². The summed E-state index contributed by atoms with van der Waals surface area (Å²) >= 11 is 0. The standard InChI is InChI=1S/C25H25N3O2/c1-2-30-20-14-12-19(13-15-20)17-24(29)26-23(16-18-8-4-3-5-9-18)25-27-21-10-6-7-11-22(21)28-25/h3-15,23H,2,16-17H2,1H3,(H,26,29)(H,27,28). The third-order valence-corrected chi connectivity index (χ3v) is 4.95. The quantitative estimate of drug-likeness (QED) is 0.455. The zero-order chi connectivity index (χ0) is 20.8. The number of nitrogens with zero attached hydrogens (tertiary/aromatic N) is 1. The lowest BCUT2D eigenvalue weighted by atomic mass is 10.0. The van der Waals surface area contributed by atoms with Crippen molar-refractivity contribution in [3.63, 3.8) is 0 Å². The number of amides is 1. The molecule has 0 saturated heterocycles. The second-order valence-corrected chi connectivity index (χ2v) is 7.20. The molecule has 30 heavy (non-hydrogen) atoms. The second kappa shape index (κ2) is 9.27. The number of ether oxygens (including phenoxy) is 1. The number of para-hydroxylation sites is 2. The number of fused-ring (bicyclic) bond motifs is 1. The van der Waals surface area contributed by atoms with E-state index < -0.39 is 0 Å². The molecule has 1 atom stereocenters. The van der Waals surface area contributed by atoms with Crippen molar-refractivity contribution in [2.75, 3.05) is 6.61 Å². The molecule has 4 aromatic rings. The third kappa shape index (κ3) is 4.87. The molecule has 1 unspecified atom stereocenters. The van der Waals surface area contributed by atoms with E-state index in [9.17, 15) is 4.79 Å². The SMILES string of the molecule is CCOc1ccc(CC(=O)NC(Cc2ccccc2)c2nc3ccccc3[nH]2)cc1. The summed E-state index contributed by atoms with van der Waals surface area (Å²) < 4.78 is 5.47. The van der Waals surface area contributed by atoms with Crippen LogP contribution in [0.25, 0.3) is 11.0 Å². The Morgan fingerprint density at radius 2 is 1.70 bits per heavy atom. The van der Waals surface area contributed by atoms with E-state index in [0.717, 1.165) is 33.7 Å². The number of aromatic nitrogens is 2. The maximum Gasteiger partial charge on any atom is 0.225 e. The Bertz CT molecular complexity index is 1070. The van der Waals surface area contributed by atoms with Gasteiger partial charge in [-0.2, -0.15) is 0 Å². The molecule has 0 spiro atoms. The fraction of sp³-hybridized carbons (Fsp3) is 0.200. The molecule has 0 bridgehead atoms. The van der Waals surface area contributed by atoms with Crippen molar-refractivity contribution >= 4 is 16.9 Å². The summed E-state index contributed by atoms with van der Waals surface area (Å²) in [5.41, 5.74) is 3.95. The zero-order valence-corrected chi connectivity index (χ0v) is 17.0. The molecule has 0 aliphatic heterocycles. The minimum Gasteiger partial charge on any atom is -0.494 e. The molecule has 4 rings (SSSR count). The van der Waals surface area contributed by atoms with Gasteiger partial charge in [0.2, 0.25) is 5.91 Å². The third-order valence-electron chi connectivity index (χ3n) is 4.95. The van der Waals surface area contributed by atoms with Crippen LogP contribution >= 0.6 is 0 Å². The van der Waals surface area contributed by atoms with Gasteiger partial charge in [0.15, 0.2) is 0 Å². The summed E-state index contributed by atoms with van der Waals surface area (Å²) in [5, 5.41) is 3.17. The Morgan fingerprint density at radius 3 is 2.43 bits per heavy atom. The van der Waals surface area contributed by atoms with Gasteiger partial charge in [0, 0.05) is 0 Å². The van der Waals surface area contributed by atoms with Gasteiger partial charge >= 0.3 is 0 Å². The van der Waals surface area contributed by atoms with E-state index in [1.807, 2.05) is 73.7 Å². The molecule has 5 nitrogen and oxygen atoms in total. The zero-order valence-electron chi connectivity index (χ0n) is 17.0. The monoisotopic (exact) mass is 399 g/mol. The summed E-state index contributed by atoms with van der Waals surface area (Å²) in [6.45, 7) is 2.57. The van der Waals surface area contributed by atoms with Gasteiger partial charge in [0.25, 0.3) is 0 Å². The number of carbonyl (C=O) groups is 1. The molecular formula is C25H25N3O2. The largest absolute Gasteiger partial charge is 0.494 e. The molecule has 152 valence electrons.